The van der Waals surface area contributed by atoms with Gasteiger partial charge in [0.05, 0.1) is 23.4 Å². The van der Waals surface area contributed by atoms with Crippen LogP contribution in [-0.2, 0) is 0 Å². The van der Waals surface area contributed by atoms with Gasteiger partial charge < -0.3 is 10.0 Å². The van der Waals surface area contributed by atoms with Crippen LogP contribution in [-0.4, -0.2) is 39.4 Å². The van der Waals surface area contributed by atoms with Crippen LogP contribution in [0.5, 0.6) is 0 Å². The molecular weight excluding hydrogens is 317 g/mol. The monoisotopic (exact) mass is 337 g/mol. The molecule has 0 bridgehead atoms. The molecule has 0 aliphatic carbocycles. The Kier molecular flexibility index (Phi) is 4.99. The Labute approximate surface area is 140 Å². The van der Waals surface area contributed by atoms with Gasteiger partial charge in [-0.1, -0.05) is 17.7 Å². The van der Waals surface area contributed by atoms with Crippen LogP contribution in [0.4, 0.5) is 4.39 Å². The lowest BCUT2D eigenvalue weighted by atomic mass is 10.0. The van der Waals surface area contributed by atoms with Crippen molar-refractivity contribution in [3.63, 3.8) is 0 Å². The SMILES string of the molecule is Cc1cc(F)ccc1C(O)CN1CCC(n2cc(Cl)cn2)CC1. The normalized spacial score (nSPS) is 18.3. The maximum Gasteiger partial charge on any atom is 0.123 e. The van der Waals surface area contributed by atoms with E-state index in [1.165, 1.54) is 12.1 Å². The van der Waals surface area contributed by atoms with Crippen molar-refractivity contribution in [1.82, 2.24) is 14.7 Å². The summed E-state index contributed by atoms with van der Waals surface area (Å²) in [4.78, 5) is 2.25. The number of piperidine rings is 1. The van der Waals surface area contributed by atoms with E-state index in [9.17, 15) is 9.50 Å². The van der Waals surface area contributed by atoms with Gasteiger partial charge in [0.15, 0.2) is 0 Å². The Morgan fingerprint density at radius 3 is 2.74 bits per heavy atom. The first-order valence-corrected chi connectivity index (χ1v) is 8.27. The molecule has 1 N–H and O–H groups in total. The highest BCUT2D eigenvalue weighted by Crippen LogP contribution is 2.26. The molecule has 1 saturated heterocycles. The molecule has 2 aromatic rings. The van der Waals surface area contributed by atoms with Crippen molar-refractivity contribution in [2.45, 2.75) is 31.9 Å². The zero-order valence-electron chi connectivity index (χ0n) is 13.1. The molecule has 6 heteroatoms. The molecule has 1 atom stereocenters. The minimum absolute atomic E-state index is 0.267. The molecule has 1 unspecified atom stereocenters. The molecule has 1 aliphatic rings. The van der Waals surface area contributed by atoms with Crippen molar-refractivity contribution in [2.75, 3.05) is 19.6 Å². The number of aliphatic hydroxyl groups is 1. The van der Waals surface area contributed by atoms with Gasteiger partial charge in [-0.2, -0.15) is 5.10 Å². The largest absolute Gasteiger partial charge is 0.387 e. The number of hydrogen-bond donors (Lipinski definition) is 1. The third-order valence-corrected chi connectivity index (χ3v) is 4.72. The standard InChI is InChI=1S/C17H21ClFN3O/c1-12-8-14(19)2-3-16(12)17(23)11-21-6-4-15(5-7-21)22-10-13(18)9-20-22/h2-3,8-10,15,17,23H,4-7,11H2,1H3. The van der Waals surface area contributed by atoms with Crippen molar-refractivity contribution in [2.24, 2.45) is 0 Å². The molecule has 0 radical (unpaired) electrons. The second kappa shape index (κ2) is 6.99. The molecule has 1 aromatic carbocycles. The summed E-state index contributed by atoms with van der Waals surface area (Å²) in [6, 6.07) is 4.91. The van der Waals surface area contributed by atoms with Gasteiger partial charge in [0.2, 0.25) is 0 Å². The van der Waals surface area contributed by atoms with Crippen molar-refractivity contribution in [3.05, 3.63) is 52.6 Å². The van der Waals surface area contributed by atoms with Gasteiger partial charge in [-0.05, 0) is 43.0 Å². The highest BCUT2D eigenvalue weighted by Gasteiger charge is 2.23. The predicted octanol–water partition coefficient (Wildman–Crippen LogP) is 3.35. The number of benzene rings is 1. The number of nitrogens with zero attached hydrogens (tertiary/aromatic N) is 3. The summed E-state index contributed by atoms with van der Waals surface area (Å²) in [5.74, 6) is -0.267. The lowest BCUT2D eigenvalue weighted by Gasteiger charge is -2.33. The van der Waals surface area contributed by atoms with E-state index in [4.69, 9.17) is 11.6 Å². The summed E-state index contributed by atoms with van der Waals surface area (Å²) in [6.07, 6.45) is 4.89. The number of aromatic nitrogens is 2. The molecule has 3 rings (SSSR count). The molecule has 1 fully saturated rings. The Morgan fingerprint density at radius 1 is 1.39 bits per heavy atom. The minimum atomic E-state index is -0.591. The van der Waals surface area contributed by atoms with Crippen LogP contribution in [0.25, 0.3) is 0 Å². The fraction of sp³-hybridized carbons (Fsp3) is 0.471. The zero-order chi connectivity index (χ0) is 16.4. The van der Waals surface area contributed by atoms with Gasteiger partial charge >= 0.3 is 0 Å². The van der Waals surface area contributed by atoms with E-state index in [0.717, 1.165) is 37.1 Å². The van der Waals surface area contributed by atoms with Crippen molar-refractivity contribution < 1.29 is 9.50 Å². The smallest absolute Gasteiger partial charge is 0.123 e. The van der Waals surface area contributed by atoms with E-state index in [0.29, 0.717) is 17.6 Å². The van der Waals surface area contributed by atoms with Crippen LogP contribution in [0.3, 0.4) is 0 Å². The van der Waals surface area contributed by atoms with Crippen LogP contribution in [0, 0.1) is 12.7 Å². The Morgan fingerprint density at radius 2 is 2.13 bits per heavy atom. The molecule has 0 spiro atoms. The molecule has 1 aromatic heterocycles. The number of β-amino-alcohol motifs (C(OH)–C–C–N with tert-alkyl or cyclic N) is 1. The van der Waals surface area contributed by atoms with Gasteiger partial charge in [-0.3, -0.25) is 4.68 Å². The van der Waals surface area contributed by atoms with E-state index in [1.807, 2.05) is 17.8 Å². The number of hydrogen-bond acceptors (Lipinski definition) is 3. The summed E-state index contributed by atoms with van der Waals surface area (Å²) < 4.78 is 15.1. The average Bonchev–Trinajstić information content (AvgIpc) is 2.94. The zero-order valence-corrected chi connectivity index (χ0v) is 13.9. The Hall–Kier alpha value is -1.43. The highest BCUT2D eigenvalue weighted by atomic mass is 35.5. The third kappa shape index (κ3) is 3.91. The quantitative estimate of drug-likeness (QED) is 0.930. The number of rotatable bonds is 4. The third-order valence-electron chi connectivity index (χ3n) is 4.52. The van der Waals surface area contributed by atoms with Crippen molar-refractivity contribution >= 4 is 11.6 Å². The summed E-state index contributed by atoms with van der Waals surface area (Å²) in [5, 5.41) is 15.4. The first-order chi connectivity index (χ1) is 11.0. The van der Waals surface area contributed by atoms with Crippen molar-refractivity contribution in [3.8, 4) is 0 Å². The number of likely N-dealkylation sites (tertiary alicyclic amines) is 1. The van der Waals surface area contributed by atoms with Gasteiger partial charge in [0, 0.05) is 25.8 Å². The Balaban J connectivity index is 1.56. The second-order valence-corrected chi connectivity index (χ2v) is 6.62. The van der Waals surface area contributed by atoms with E-state index >= 15 is 0 Å². The fourth-order valence-corrected chi connectivity index (χ4v) is 3.38. The van der Waals surface area contributed by atoms with Crippen molar-refractivity contribution in [1.29, 1.82) is 0 Å². The lowest BCUT2D eigenvalue weighted by molar-refractivity contribution is 0.0886. The minimum Gasteiger partial charge on any atom is -0.387 e. The highest BCUT2D eigenvalue weighted by molar-refractivity contribution is 6.30. The fourth-order valence-electron chi connectivity index (χ4n) is 3.24. The van der Waals surface area contributed by atoms with E-state index < -0.39 is 6.10 Å². The van der Waals surface area contributed by atoms with E-state index in [2.05, 4.69) is 10.00 Å². The molecular formula is C17H21ClFN3O. The molecule has 4 nitrogen and oxygen atoms in total. The van der Waals surface area contributed by atoms with Crippen LogP contribution in [0.15, 0.2) is 30.6 Å². The van der Waals surface area contributed by atoms with Crippen LogP contribution in [0.2, 0.25) is 5.02 Å². The van der Waals surface area contributed by atoms with Gasteiger partial charge in [-0.15, -0.1) is 0 Å². The van der Waals surface area contributed by atoms with E-state index in [-0.39, 0.29) is 5.82 Å². The summed E-state index contributed by atoms with van der Waals surface area (Å²) in [7, 11) is 0. The molecule has 23 heavy (non-hydrogen) atoms. The van der Waals surface area contributed by atoms with Crippen LogP contribution < -0.4 is 0 Å². The lowest BCUT2D eigenvalue weighted by Crippen LogP contribution is -2.37. The second-order valence-electron chi connectivity index (χ2n) is 6.19. The average molecular weight is 338 g/mol. The van der Waals surface area contributed by atoms with Gasteiger partial charge in [-0.25, -0.2) is 4.39 Å². The van der Waals surface area contributed by atoms with Crippen LogP contribution >= 0.6 is 11.6 Å². The summed E-state index contributed by atoms with van der Waals surface area (Å²) >= 11 is 5.92. The number of aliphatic hydroxyl groups excluding tert-OH is 1. The maximum absolute atomic E-state index is 13.2. The molecule has 124 valence electrons. The molecule has 0 amide bonds. The van der Waals surface area contributed by atoms with Crippen LogP contribution in [0.1, 0.15) is 36.1 Å². The summed E-state index contributed by atoms with van der Waals surface area (Å²) in [6.45, 7) is 4.20. The predicted molar refractivity (Wildman–Crippen MR) is 88.0 cm³/mol. The summed E-state index contributed by atoms with van der Waals surface area (Å²) in [5.41, 5.74) is 1.59. The molecule has 2 heterocycles. The first kappa shape index (κ1) is 16.4. The Bertz CT molecular complexity index is 668. The molecule has 1 aliphatic heterocycles. The topological polar surface area (TPSA) is 41.3 Å². The van der Waals surface area contributed by atoms with E-state index in [1.54, 1.807) is 12.3 Å². The maximum atomic E-state index is 13.2. The first-order valence-electron chi connectivity index (χ1n) is 7.89. The molecule has 0 saturated carbocycles. The van der Waals surface area contributed by atoms with Gasteiger partial charge in [0.25, 0.3) is 0 Å². The number of aryl methyl sites for hydroxylation is 1. The van der Waals surface area contributed by atoms with Gasteiger partial charge in [0.1, 0.15) is 5.82 Å². The number of halogens is 2.